The largest absolute Gasteiger partial charge is 0.480 e. The summed E-state index contributed by atoms with van der Waals surface area (Å²) in [5, 5.41) is 11.9. The maximum absolute atomic E-state index is 10.6. The van der Waals surface area contributed by atoms with Gasteiger partial charge in [-0.25, -0.2) is 0 Å². The van der Waals surface area contributed by atoms with Gasteiger partial charge < -0.3 is 16.2 Å². The summed E-state index contributed by atoms with van der Waals surface area (Å²) in [5.74, 6) is -0.931. The molecule has 1 aromatic carbocycles. The van der Waals surface area contributed by atoms with Crippen molar-refractivity contribution in [1.29, 1.82) is 0 Å². The van der Waals surface area contributed by atoms with Gasteiger partial charge in [-0.2, -0.15) is 0 Å². The third-order valence-corrected chi connectivity index (χ3v) is 4.43. The van der Waals surface area contributed by atoms with Crippen LogP contribution in [0.4, 0.5) is 0 Å². The highest BCUT2D eigenvalue weighted by atomic mass is 127. The molecule has 6 heteroatoms. The Morgan fingerprint density at radius 3 is 2.59 bits per heavy atom. The minimum Gasteiger partial charge on any atom is -0.480 e. The highest BCUT2D eigenvalue weighted by Crippen LogP contribution is 2.09. The molecule has 22 heavy (non-hydrogen) atoms. The number of carboxylic acid groups (broad SMARTS) is 1. The fourth-order valence-corrected chi connectivity index (χ4v) is 2.64. The van der Waals surface area contributed by atoms with E-state index in [9.17, 15) is 4.79 Å². The highest BCUT2D eigenvalue weighted by molar-refractivity contribution is 14.1. The van der Waals surface area contributed by atoms with Crippen molar-refractivity contribution in [3.8, 4) is 0 Å². The number of nitrogens with two attached hydrogens (primary N) is 1. The number of nitrogens with one attached hydrogen (secondary N) is 1. The lowest BCUT2D eigenvalue weighted by atomic mass is 10.1. The highest BCUT2D eigenvalue weighted by Gasteiger charge is 2.09. The van der Waals surface area contributed by atoms with Crippen molar-refractivity contribution >= 4 is 45.8 Å². The lowest BCUT2D eigenvalue weighted by molar-refractivity contribution is -0.138. The quantitative estimate of drug-likeness (QED) is 0.300. The minimum absolute atomic E-state index is 0.510. The molecule has 0 aliphatic carbocycles. The van der Waals surface area contributed by atoms with Crippen LogP contribution in [-0.4, -0.2) is 28.7 Å². The van der Waals surface area contributed by atoms with Crippen molar-refractivity contribution in [3.63, 3.8) is 0 Å². The van der Waals surface area contributed by atoms with Crippen molar-refractivity contribution in [3.05, 3.63) is 33.4 Å². The summed E-state index contributed by atoms with van der Waals surface area (Å²) < 4.78 is 1.25. The Kier molecular flexibility index (Phi) is 9.58. The average molecular weight is 434 g/mol. The number of benzene rings is 1. The summed E-state index contributed by atoms with van der Waals surface area (Å²) in [4.78, 5) is 11.4. The maximum atomic E-state index is 10.6. The van der Waals surface area contributed by atoms with E-state index in [1.54, 1.807) is 0 Å². The molecule has 0 fully saturated rings. The maximum Gasteiger partial charge on any atom is 0.320 e. The van der Waals surface area contributed by atoms with Gasteiger partial charge in [-0.15, -0.1) is 0 Å². The number of unbranched alkanes of at least 4 members (excludes halogenated alkanes) is 1. The van der Waals surface area contributed by atoms with Crippen LogP contribution in [0.2, 0.25) is 0 Å². The molecule has 0 saturated heterocycles. The van der Waals surface area contributed by atoms with E-state index >= 15 is 0 Å². The Morgan fingerprint density at radius 2 is 1.95 bits per heavy atom. The van der Waals surface area contributed by atoms with Gasteiger partial charge in [0, 0.05) is 10.1 Å². The standard InChI is InChI=1S/C16H23IN2O2S/c17-13-9-7-12(8-10-13)4-3-6-15(22)19-11-2-1-5-14(18)16(20)21/h7-10,14H,1-6,11,18H2,(H,19,22)(H,20,21)/t14-/m0/s1. The van der Waals surface area contributed by atoms with Crippen LogP contribution < -0.4 is 11.1 Å². The molecule has 0 radical (unpaired) electrons. The molecule has 4 nitrogen and oxygen atoms in total. The van der Waals surface area contributed by atoms with Gasteiger partial charge in [-0.1, -0.05) is 24.4 Å². The molecule has 0 spiro atoms. The predicted molar refractivity (Wildman–Crippen MR) is 102 cm³/mol. The second kappa shape index (κ2) is 10.9. The zero-order valence-corrected chi connectivity index (χ0v) is 15.5. The SMILES string of the molecule is N[C@@H](CCCCNC(=S)CCCc1ccc(I)cc1)C(=O)O. The number of carboxylic acids is 1. The van der Waals surface area contributed by atoms with Crippen LogP contribution in [0.15, 0.2) is 24.3 Å². The Bertz CT molecular complexity index is 480. The number of hydrogen-bond acceptors (Lipinski definition) is 3. The Morgan fingerprint density at radius 1 is 1.27 bits per heavy atom. The number of rotatable bonds is 10. The van der Waals surface area contributed by atoms with Gasteiger partial charge in [0.15, 0.2) is 0 Å². The fraction of sp³-hybridized carbons (Fsp3) is 0.500. The van der Waals surface area contributed by atoms with Crippen LogP contribution in [0.3, 0.4) is 0 Å². The summed E-state index contributed by atoms with van der Waals surface area (Å²) in [6.07, 6.45) is 5.15. The lowest BCUT2D eigenvalue weighted by Gasteiger charge is -2.09. The van der Waals surface area contributed by atoms with E-state index in [1.165, 1.54) is 9.13 Å². The van der Waals surface area contributed by atoms with Crippen LogP contribution in [0, 0.1) is 3.57 Å². The Balaban J connectivity index is 2.04. The van der Waals surface area contributed by atoms with Gasteiger partial charge >= 0.3 is 5.97 Å². The molecule has 0 saturated carbocycles. The molecule has 0 aliphatic heterocycles. The van der Waals surface area contributed by atoms with Crippen LogP contribution in [-0.2, 0) is 11.2 Å². The van der Waals surface area contributed by atoms with Gasteiger partial charge in [0.05, 0.1) is 4.99 Å². The predicted octanol–water partition coefficient (Wildman–Crippen LogP) is 3.11. The summed E-state index contributed by atoms with van der Waals surface area (Å²) in [7, 11) is 0. The second-order valence-corrected chi connectivity index (χ2v) is 7.01. The third kappa shape index (κ3) is 8.65. The van der Waals surface area contributed by atoms with E-state index in [2.05, 4.69) is 52.2 Å². The zero-order valence-electron chi connectivity index (χ0n) is 12.6. The lowest BCUT2D eigenvalue weighted by Crippen LogP contribution is -2.30. The topological polar surface area (TPSA) is 75.3 Å². The van der Waals surface area contributed by atoms with Crippen molar-refractivity contribution in [2.24, 2.45) is 5.73 Å². The first-order valence-corrected chi connectivity index (χ1v) is 8.97. The Hall–Kier alpha value is -0.730. The monoisotopic (exact) mass is 434 g/mol. The molecule has 1 aromatic rings. The molecule has 0 amide bonds. The first-order chi connectivity index (χ1) is 10.5. The van der Waals surface area contributed by atoms with E-state index in [4.69, 9.17) is 23.1 Å². The number of thiocarbonyl (C=S) groups is 1. The summed E-state index contributed by atoms with van der Waals surface area (Å²) in [5.41, 5.74) is 6.78. The first kappa shape index (κ1) is 19.3. The van der Waals surface area contributed by atoms with Crippen molar-refractivity contribution in [2.75, 3.05) is 6.54 Å². The van der Waals surface area contributed by atoms with Gasteiger partial charge in [0.2, 0.25) is 0 Å². The van der Waals surface area contributed by atoms with Crippen molar-refractivity contribution < 1.29 is 9.90 Å². The van der Waals surface area contributed by atoms with Gasteiger partial charge in [-0.3, -0.25) is 4.79 Å². The van der Waals surface area contributed by atoms with Crippen LogP contribution >= 0.6 is 34.8 Å². The third-order valence-electron chi connectivity index (χ3n) is 3.36. The first-order valence-electron chi connectivity index (χ1n) is 7.48. The number of hydrogen-bond donors (Lipinski definition) is 3. The van der Waals surface area contributed by atoms with E-state index < -0.39 is 12.0 Å². The number of carbonyl (C=O) groups is 1. The zero-order chi connectivity index (χ0) is 16.4. The Labute approximate surface area is 151 Å². The van der Waals surface area contributed by atoms with Gasteiger partial charge in [0.1, 0.15) is 6.04 Å². The molecule has 4 N–H and O–H groups in total. The molecule has 1 atom stereocenters. The van der Waals surface area contributed by atoms with E-state index in [0.717, 1.165) is 43.6 Å². The molecule has 0 aliphatic rings. The second-order valence-electron chi connectivity index (χ2n) is 5.27. The average Bonchev–Trinajstić information content (AvgIpc) is 2.48. The van der Waals surface area contributed by atoms with Crippen molar-refractivity contribution in [2.45, 2.75) is 44.6 Å². The molecular formula is C16H23IN2O2S. The fourth-order valence-electron chi connectivity index (χ4n) is 2.03. The van der Waals surface area contributed by atoms with Crippen LogP contribution in [0.5, 0.6) is 0 Å². The number of aryl methyl sites for hydroxylation is 1. The molecule has 1 rings (SSSR count). The number of aliphatic carboxylic acids is 1. The molecule has 122 valence electrons. The van der Waals surface area contributed by atoms with E-state index in [0.29, 0.717) is 6.42 Å². The van der Waals surface area contributed by atoms with Gasteiger partial charge in [0.25, 0.3) is 0 Å². The molecule has 0 unspecified atom stereocenters. The minimum atomic E-state index is -0.931. The molecule has 0 heterocycles. The molecule has 0 aromatic heterocycles. The molecule has 0 bridgehead atoms. The molecular weight excluding hydrogens is 411 g/mol. The summed E-state index contributed by atoms with van der Waals surface area (Å²) in [6.45, 7) is 0.786. The van der Waals surface area contributed by atoms with Crippen molar-refractivity contribution in [1.82, 2.24) is 5.32 Å². The van der Waals surface area contributed by atoms with Crippen LogP contribution in [0.1, 0.15) is 37.7 Å². The summed E-state index contributed by atoms with van der Waals surface area (Å²) >= 11 is 7.60. The summed E-state index contributed by atoms with van der Waals surface area (Å²) in [6, 6.07) is 7.80. The van der Waals surface area contributed by atoms with E-state index in [-0.39, 0.29) is 0 Å². The van der Waals surface area contributed by atoms with Gasteiger partial charge in [-0.05, 0) is 78.8 Å². The van der Waals surface area contributed by atoms with E-state index in [1.807, 2.05) is 0 Å². The normalized spacial score (nSPS) is 11.9. The number of halogens is 1. The smallest absolute Gasteiger partial charge is 0.320 e. The van der Waals surface area contributed by atoms with Crippen LogP contribution in [0.25, 0.3) is 0 Å².